The molecule has 0 aliphatic heterocycles. The lowest BCUT2D eigenvalue weighted by Crippen LogP contribution is -2.24. The monoisotopic (exact) mass is 314 g/mol. The largest absolute Gasteiger partial charge is 0.419 e. The highest BCUT2D eigenvalue weighted by molar-refractivity contribution is 7.89. The Kier molecular flexibility index (Phi) is 4.81. The third-order valence-corrected chi connectivity index (χ3v) is 4.66. The SMILES string of the molecule is Cn1c(=O)oc2cc(S(=O)(=O)NCCCCCO)ccc21. The molecule has 7 nitrogen and oxygen atoms in total. The summed E-state index contributed by atoms with van der Waals surface area (Å²) in [6, 6.07) is 4.32. The topological polar surface area (TPSA) is 102 Å². The maximum Gasteiger partial charge on any atom is 0.419 e. The molecular weight excluding hydrogens is 296 g/mol. The second kappa shape index (κ2) is 6.42. The number of aliphatic hydroxyl groups excluding tert-OH is 1. The van der Waals surface area contributed by atoms with Crippen molar-refractivity contribution in [2.45, 2.75) is 24.2 Å². The van der Waals surface area contributed by atoms with Crippen molar-refractivity contribution in [3.8, 4) is 0 Å². The van der Waals surface area contributed by atoms with Crippen LogP contribution in [0.15, 0.2) is 32.3 Å². The number of hydrogen-bond acceptors (Lipinski definition) is 5. The first-order valence-electron chi connectivity index (χ1n) is 6.66. The van der Waals surface area contributed by atoms with E-state index in [0.29, 0.717) is 24.9 Å². The Morgan fingerprint density at radius 3 is 2.76 bits per heavy atom. The number of aryl methyl sites for hydroxylation is 1. The molecule has 2 N–H and O–H groups in total. The van der Waals surface area contributed by atoms with Crippen LogP contribution in [0.3, 0.4) is 0 Å². The quantitative estimate of drug-likeness (QED) is 0.728. The van der Waals surface area contributed by atoms with Crippen molar-refractivity contribution >= 4 is 21.1 Å². The van der Waals surface area contributed by atoms with Crippen LogP contribution < -0.4 is 10.5 Å². The van der Waals surface area contributed by atoms with Gasteiger partial charge in [-0.05, 0) is 31.4 Å². The van der Waals surface area contributed by atoms with Crippen molar-refractivity contribution < 1.29 is 17.9 Å². The Bertz CT molecular complexity index is 775. The van der Waals surface area contributed by atoms with Crippen LogP contribution in [0.2, 0.25) is 0 Å². The fourth-order valence-corrected chi connectivity index (χ4v) is 3.07. The number of oxazole rings is 1. The van der Waals surface area contributed by atoms with Gasteiger partial charge in [-0.2, -0.15) is 0 Å². The molecule has 0 aliphatic carbocycles. The Morgan fingerprint density at radius 1 is 1.29 bits per heavy atom. The molecule has 2 rings (SSSR count). The number of unbranched alkanes of at least 4 members (excludes halogenated alkanes) is 2. The van der Waals surface area contributed by atoms with E-state index in [-0.39, 0.29) is 17.1 Å². The Hall–Kier alpha value is -1.64. The highest BCUT2D eigenvalue weighted by Gasteiger charge is 2.16. The van der Waals surface area contributed by atoms with Crippen LogP contribution in [0.25, 0.3) is 11.1 Å². The van der Waals surface area contributed by atoms with Crippen molar-refractivity contribution in [2.24, 2.45) is 7.05 Å². The predicted molar refractivity (Wildman–Crippen MR) is 77.6 cm³/mol. The molecular formula is C13H18N2O5S. The second-order valence-electron chi connectivity index (χ2n) is 4.74. The summed E-state index contributed by atoms with van der Waals surface area (Å²) in [5.41, 5.74) is 0.785. The van der Waals surface area contributed by atoms with E-state index in [4.69, 9.17) is 9.52 Å². The minimum Gasteiger partial charge on any atom is -0.408 e. The second-order valence-corrected chi connectivity index (χ2v) is 6.51. The highest BCUT2D eigenvalue weighted by Crippen LogP contribution is 2.17. The number of sulfonamides is 1. The molecule has 0 atom stereocenters. The number of aliphatic hydroxyl groups is 1. The summed E-state index contributed by atoms with van der Waals surface area (Å²) in [4.78, 5) is 11.4. The molecule has 1 aromatic carbocycles. The zero-order valence-corrected chi connectivity index (χ0v) is 12.5. The summed E-state index contributed by atoms with van der Waals surface area (Å²) in [7, 11) is -2.07. The molecule has 0 radical (unpaired) electrons. The van der Waals surface area contributed by atoms with Crippen LogP contribution >= 0.6 is 0 Å². The lowest BCUT2D eigenvalue weighted by Gasteiger charge is -2.06. The maximum atomic E-state index is 12.1. The average molecular weight is 314 g/mol. The van der Waals surface area contributed by atoms with Crippen LogP contribution in [0, 0.1) is 0 Å². The van der Waals surface area contributed by atoms with Gasteiger partial charge in [-0.3, -0.25) is 4.57 Å². The van der Waals surface area contributed by atoms with Gasteiger partial charge in [0.05, 0.1) is 10.4 Å². The molecule has 0 saturated heterocycles. The van der Waals surface area contributed by atoms with Crippen LogP contribution in [0.4, 0.5) is 0 Å². The zero-order chi connectivity index (χ0) is 15.5. The van der Waals surface area contributed by atoms with Gasteiger partial charge in [0.15, 0.2) is 5.58 Å². The van der Waals surface area contributed by atoms with Gasteiger partial charge in [-0.15, -0.1) is 0 Å². The summed E-state index contributed by atoms with van der Waals surface area (Å²) in [6.45, 7) is 0.412. The van der Waals surface area contributed by atoms with Crippen LogP contribution in [-0.4, -0.2) is 31.2 Å². The number of aromatic nitrogens is 1. The number of hydrogen-bond donors (Lipinski definition) is 2. The highest BCUT2D eigenvalue weighted by atomic mass is 32.2. The third-order valence-electron chi connectivity index (χ3n) is 3.20. The zero-order valence-electron chi connectivity index (χ0n) is 11.7. The first-order chi connectivity index (χ1) is 9.95. The van der Waals surface area contributed by atoms with Crippen molar-refractivity contribution in [3.05, 3.63) is 28.7 Å². The van der Waals surface area contributed by atoms with Gasteiger partial charge < -0.3 is 9.52 Å². The fourth-order valence-electron chi connectivity index (χ4n) is 1.98. The molecule has 21 heavy (non-hydrogen) atoms. The van der Waals surface area contributed by atoms with Gasteiger partial charge >= 0.3 is 5.76 Å². The first kappa shape index (κ1) is 15.7. The van der Waals surface area contributed by atoms with Crippen molar-refractivity contribution in [2.75, 3.05) is 13.2 Å². The van der Waals surface area contributed by atoms with E-state index in [0.717, 1.165) is 6.42 Å². The standard InChI is InChI=1S/C13H18N2O5S/c1-15-11-6-5-10(9-12(11)20-13(15)17)21(18,19)14-7-3-2-4-8-16/h5-6,9,14,16H,2-4,7-8H2,1H3. The molecule has 0 saturated carbocycles. The van der Waals surface area contributed by atoms with E-state index in [2.05, 4.69) is 4.72 Å². The fraction of sp³-hybridized carbons (Fsp3) is 0.462. The van der Waals surface area contributed by atoms with Gasteiger partial charge in [-0.1, -0.05) is 0 Å². The van der Waals surface area contributed by atoms with Gasteiger partial charge in [0.1, 0.15) is 0 Å². The molecule has 1 heterocycles. The molecule has 0 unspecified atom stereocenters. The molecule has 0 amide bonds. The summed E-state index contributed by atoms with van der Waals surface area (Å²) in [6.07, 6.45) is 2.07. The molecule has 116 valence electrons. The lowest BCUT2D eigenvalue weighted by atomic mass is 10.2. The third kappa shape index (κ3) is 3.52. The molecule has 1 aromatic heterocycles. The minimum atomic E-state index is -3.63. The van der Waals surface area contributed by atoms with Gasteiger partial charge in [0, 0.05) is 26.3 Å². The Morgan fingerprint density at radius 2 is 2.05 bits per heavy atom. The van der Waals surface area contributed by atoms with E-state index >= 15 is 0 Å². The molecule has 8 heteroatoms. The summed E-state index contributed by atoms with van der Waals surface area (Å²) < 4.78 is 33.0. The first-order valence-corrected chi connectivity index (χ1v) is 8.14. The molecule has 0 aliphatic rings. The Labute approximate surface area is 122 Å². The van der Waals surface area contributed by atoms with Crippen molar-refractivity contribution in [3.63, 3.8) is 0 Å². The van der Waals surface area contributed by atoms with Gasteiger partial charge in [0.2, 0.25) is 10.0 Å². The van der Waals surface area contributed by atoms with Crippen molar-refractivity contribution in [1.82, 2.24) is 9.29 Å². The normalized spacial score (nSPS) is 12.1. The van der Waals surface area contributed by atoms with Crippen LogP contribution in [-0.2, 0) is 17.1 Å². The number of nitrogens with zero attached hydrogens (tertiary/aromatic N) is 1. The number of nitrogens with one attached hydrogen (secondary N) is 1. The molecule has 0 spiro atoms. The number of fused-ring (bicyclic) bond motifs is 1. The average Bonchev–Trinajstić information content (AvgIpc) is 2.73. The van der Waals surface area contributed by atoms with E-state index in [1.54, 1.807) is 13.1 Å². The van der Waals surface area contributed by atoms with Crippen LogP contribution in [0.5, 0.6) is 0 Å². The predicted octanol–water partition coefficient (Wildman–Crippen LogP) is 0.572. The van der Waals surface area contributed by atoms with E-state index in [1.807, 2.05) is 0 Å². The number of rotatable bonds is 7. The summed E-state index contributed by atoms with van der Waals surface area (Å²) in [5, 5.41) is 8.65. The molecule has 0 fully saturated rings. The summed E-state index contributed by atoms with van der Waals surface area (Å²) in [5.74, 6) is -0.531. The maximum absolute atomic E-state index is 12.1. The Balaban J connectivity index is 2.14. The van der Waals surface area contributed by atoms with E-state index in [9.17, 15) is 13.2 Å². The van der Waals surface area contributed by atoms with Crippen molar-refractivity contribution in [1.29, 1.82) is 0 Å². The number of benzene rings is 1. The lowest BCUT2D eigenvalue weighted by molar-refractivity contribution is 0.283. The van der Waals surface area contributed by atoms with Gasteiger partial charge in [-0.25, -0.2) is 17.9 Å². The smallest absolute Gasteiger partial charge is 0.408 e. The minimum absolute atomic E-state index is 0.0616. The van der Waals surface area contributed by atoms with E-state index in [1.165, 1.54) is 16.7 Å². The molecule has 2 aromatic rings. The summed E-state index contributed by atoms with van der Waals surface area (Å²) >= 11 is 0. The van der Waals surface area contributed by atoms with Crippen LogP contribution in [0.1, 0.15) is 19.3 Å². The van der Waals surface area contributed by atoms with Gasteiger partial charge in [0.25, 0.3) is 0 Å². The molecule has 0 bridgehead atoms. The van der Waals surface area contributed by atoms with E-state index < -0.39 is 15.8 Å².